The van der Waals surface area contributed by atoms with Gasteiger partial charge in [0.1, 0.15) is 0 Å². The smallest absolute Gasteiger partial charge is 0.00982 e. The highest BCUT2D eigenvalue weighted by Gasteiger charge is 2.29. The molecule has 1 heteroatoms. The summed E-state index contributed by atoms with van der Waals surface area (Å²) < 4.78 is 0. The summed E-state index contributed by atoms with van der Waals surface area (Å²) in [5.74, 6) is 0.999. The molecule has 0 aromatic heterocycles. The third-order valence-corrected chi connectivity index (χ3v) is 3.08. The molecule has 2 fully saturated rings. The van der Waals surface area contributed by atoms with E-state index in [0.29, 0.717) is 0 Å². The zero-order chi connectivity index (χ0) is 6.97. The fraction of sp³-hybridized carbons (Fsp3) is 1.00. The topological polar surface area (TPSA) is 3.24 Å². The van der Waals surface area contributed by atoms with E-state index in [1.165, 1.54) is 38.8 Å². The third kappa shape index (κ3) is 1.07. The predicted octanol–water partition coefficient (Wildman–Crippen LogP) is 1.88. The van der Waals surface area contributed by atoms with E-state index in [2.05, 4.69) is 11.8 Å². The van der Waals surface area contributed by atoms with Crippen molar-refractivity contribution >= 4 is 0 Å². The van der Waals surface area contributed by atoms with Crippen LogP contribution in [0.4, 0.5) is 0 Å². The number of rotatable bonds is 0. The van der Waals surface area contributed by atoms with Crippen molar-refractivity contribution in [3.63, 3.8) is 0 Å². The zero-order valence-corrected chi connectivity index (χ0v) is 6.84. The highest BCUT2D eigenvalue weighted by Crippen LogP contribution is 2.29. The molecule has 2 aliphatic rings. The minimum absolute atomic E-state index is 0.976. The summed E-state index contributed by atoms with van der Waals surface area (Å²) in [5.41, 5.74) is 0. The van der Waals surface area contributed by atoms with Gasteiger partial charge in [-0.15, -0.1) is 0 Å². The summed E-state index contributed by atoms with van der Waals surface area (Å²) in [6, 6.07) is 0.976. The largest absolute Gasteiger partial charge is 0.300 e. The van der Waals surface area contributed by atoms with Crippen LogP contribution in [0.2, 0.25) is 0 Å². The molecule has 58 valence electrons. The lowest BCUT2D eigenvalue weighted by atomic mass is 9.93. The normalized spacial score (nSPS) is 41.7. The number of piperidine rings is 1. The van der Waals surface area contributed by atoms with Crippen molar-refractivity contribution in [2.45, 2.75) is 38.6 Å². The zero-order valence-electron chi connectivity index (χ0n) is 6.84. The standard InChI is InChI=1S/C9H17N/c1-8-4-6-10-5-2-3-9(10)7-8/h8-9H,2-7H2,1H3. The molecule has 0 saturated carbocycles. The van der Waals surface area contributed by atoms with Crippen LogP contribution in [0.3, 0.4) is 0 Å². The van der Waals surface area contributed by atoms with Crippen LogP contribution in [0.25, 0.3) is 0 Å². The van der Waals surface area contributed by atoms with Crippen LogP contribution in [-0.2, 0) is 0 Å². The van der Waals surface area contributed by atoms with Crippen LogP contribution < -0.4 is 0 Å². The van der Waals surface area contributed by atoms with Gasteiger partial charge in [0.05, 0.1) is 0 Å². The first kappa shape index (κ1) is 6.66. The molecule has 2 aliphatic heterocycles. The molecular formula is C9H17N. The lowest BCUT2D eigenvalue weighted by molar-refractivity contribution is 0.160. The van der Waals surface area contributed by atoms with E-state index in [0.717, 1.165) is 12.0 Å². The number of nitrogens with zero attached hydrogens (tertiary/aromatic N) is 1. The second-order valence-electron chi connectivity index (χ2n) is 3.96. The molecule has 2 heterocycles. The SMILES string of the molecule is CC1CCN2CCCC2C1. The van der Waals surface area contributed by atoms with Gasteiger partial charge in [-0.2, -0.15) is 0 Å². The Morgan fingerprint density at radius 1 is 1.20 bits per heavy atom. The van der Waals surface area contributed by atoms with E-state index in [9.17, 15) is 0 Å². The molecule has 0 N–H and O–H groups in total. The fourth-order valence-electron chi connectivity index (χ4n) is 2.42. The van der Waals surface area contributed by atoms with Crippen LogP contribution in [0.15, 0.2) is 0 Å². The first-order valence-electron chi connectivity index (χ1n) is 4.60. The van der Waals surface area contributed by atoms with Gasteiger partial charge in [0, 0.05) is 6.04 Å². The first-order valence-corrected chi connectivity index (χ1v) is 4.60. The molecule has 0 amide bonds. The molecule has 0 spiro atoms. The summed E-state index contributed by atoms with van der Waals surface area (Å²) in [7, 11) is 0. The maximum atomic E-state index is 2.68. The summed E-state index contributed by atoms with van der Waals surface area (Å²) in [6.45, 7) is 5.17. The summed E-state index contributed by atoms with van der Waals surface area (Å²) >= 11 is 0. The van der Waals surface area contributed by atoms with Gasteiger partial charge in [-0.25, -0.2) is 0 Å². The Labute approximate surface area is 63.4 Å². The lowest BCUT2D eigenvalue weighted by Gasteiger charge is -2.32. The van der Waals surface area contributed by atoms with Gasteiger partial charge in [-0.1, -0.05) is 6.92 Å². The monoisotopic (exact) mass is 139 g/mol. The molecule has 10 heavy (non-hydrogen) atoms. The Balaban J connectivity index is 1.96. The molecule has 2 unspecified atom stereocenters. The van der Waals surface area contributed by atoms with Crippen LogP contribution in [0, 0.1) is 5.92 Å². The van der Waals surface area contributed by atoms with E-state index in [4.69, 9.17) is 0 Å². The number of hydrogen-bond donors (Lipinski definition) is 0. The van der Waals surface area contributed by atoms with E-state index in [1.807, 2.05) is 0 Å². The highest BCUT2D eigenvalue weighted by atomic mass is 15.2. The Morgan fingerprint density at radius 2 is 2.10 bits per heavy atom. The van der Waals surface area contributed by atoms with Crippen LogP contribution in [-0.4, -0.2) is 24.0 Å². The molecule has 0 aromatic rings. The summed E-state index contributed by atoms with van der Waals surface area (Å²) in [5, 5.41) is 0. The molecule has 0 radical (unpaired) electrons. The van der Waals surface area contributed by atoms with Gasteiger partial charge in [0.2, 0.25) is 0 Å². The molecule has 2 rings (SSSR count). The minimum atomic E-state index is 0.976. The maximum Gasteiger partial charge on any atom is 0.00982 e. The van der Waals surface area contributed by atoms with Gasteiger partial charge in [0.15, 0.2) is 0 Å². The fourth-order valence-corrected chi connectivity index (χ4v) is 2.42. The second kappa shape index (κ2) is 2.54. The molecule has 1 nitrogen and oxygen atoms in total. The van der Waals surface area contributed by atoms with Gasteiger partial charge >= 0.3 is 0 Å². The quantitative estimate of drug-likeness (QED) is 0.495. The van der Waals surface area contributed by atoms with Gasteiger partial charge in [0.25, 0.3) is 0 Å². The van der Waals surface area contributed by atoms with Crippen LogP contribution in [0.1, 0.15) is 32.6 Å². The number of fused-ring (bicyclic) bond motifs is 1. The molecule has 0 bridgehead atoms. The Bertz CT molecular complexity index is 122. The average Bonchev–Trinajstić information content (AvgIpc) is 2.33. The molecular weight excluding hydrogens is 122 g/mol. The van der Waals surface area contributed by atoms with Crippen molar-refractivity contribution < 1.29 is 0 Å². The van der Waals surface area contributed by atoms with Crippen LogP contribution in [0.5, 0.6) is 0 Å². The van der Waals surface area contributed by atoms with Gasteiger partial charge in [-0.3, -0.25) is 0 Å². The minimum Gasteiger partial charge on any atom is -0.300 e. The molecule has 2 atom stereocenters. The van der Waals surface area contributed by atoms with Crippen molar-refractivity contribution in [3.8, 4) is 0 Å². The Kier molecular flexibility index (Phi) is 1.69. The van der Waals surface area contributed by atoms with Crippen molar-refractivity contribution in [2.75, 3.05) is 13.1 Å². The van der Waals surface area contributed by atoms with Crippen molar-refractivity contribution in [1.29, 1.82) is 0 Å². The molecule has 2 saturated heterocycles. The van der Waals surface area contributed by atoms with E-state index in [-0.39, 0.29) is 0 Å². The van der Waals surface area contributed by atoms with E-state index >= 15 is 0 Å². The van der Waals surface area contributed by atoms with Crippen LogP contribution >= 0.6 is 0 Å². The first-order chi connectivity index (χ1) is 4.86. The third-order valence-electron chi connectivity index (χ3n) is 3.08. The summed E-state index contributed by atoms with van der Waals surface area (Å²) in [6.07, 6.45) is 5.85. The Morgan fingerprint density at radius 3 is 3.00 bits per heavy atom. The lowest BCUT2D eigenvalue weighted by Crippen LogP contribution is -2.37. The van der Waals surface area contributed by atoms with E-state index in [1.54, 1.807) is 0 Å². The van der Waals surface area contributed by atoms with Crippen molar-refractivity contribution in [1.82, 2.24) is 4.90 Å². The number of hydrogen-bond acceptors (Lipinski definition) is 1. The van der Waals surface area contributed by atoms with Gasteiger partial charge < -0.3 is 4.90 Å². The molecule has 0 aromatic carbocycles. The van der Waals surface area contributed by atoms with Crippen molar-refractivity contribution in [2.24, 2.45) is 5.92 Å². The molecule has 0 aliphatic carbocycles. The van der Waals surface area contributed by atoms with Gasteiger partial charge in [-0.05, 0) is 44.7 Å². The average molecular weight is 139 g/mol. The maximum absolute atomic E-state index is 2.68. The predicted molar refractivity (Wildman–Crippen MR) is 43.0 cm³/mol. The highest BCUT2D eigenvalue weighted by molar-refractivity contribution is 4.84. The summed E-state index contributed by atoms with van der Waals surface area (Å²) in [4.78, 5) is 2.68. The Hall–Kier alpha value is -0.0400. The van der Waals surface area contributed by atoms with E-state index < -0.39 is 0 Å². The second-order valence-corrected chi connectivity index (χ2v) is 3.96. The van der Waals surface area contributed by atoms with Crippen molar-refractivity contribution in [3.05, 3.63) is 0 Å².